The van der Waals surface area contributed by atoms with Crippen molar-refractivity contribution < 1.29 is 9.47 Å². The summed E-state index contributed by atoms with van der Waals surface area (Å²) < 4.78 is 11.4. The van der Waals surface area contributed by atoms with Crippen molar-refractivity contribution in [2.45, 2.75) is 43.7 Å². The zero-order valence-corrected chi connectivity index (χ0v) is 11.9. The third kappa shape index (κ3) is 3.16. The van der Waals surface area contributed by atoms with E-state index in [1.807, 2.05) is 11.8 Å². The maximum atomic E-state index is 6.41. The first-order valence-electron chi connectivity index (χ1n) is 6.58. The SMILES string of the molecule is COCC(C)(N)C1CCOC2(CCSCC2)C1. The van der Waals surface area contributed by atoms with Gasteiger partial charge in [0.1, 0.15) is 0 Å². The van der Waals surface area contributed by atoms with E-state index in [9.17, 15) is 0 Å². The lowest BCUT2D eigenvalue weighted by molar-refractivity contribution is -0.116. The molecule has 0 radical (unpaired) electrons. The average molecular weight is 259 g/mol. The van der Waals surface area contributed by atoms with Crippen molar-refractivity contribution in [1.29, 1.82) is 0 Å². The Morgan fingerprint density at radius 2 is 2.18 bits per heavy atom. The molecule has 0 aliphatic carbocycles. The normalized spacial score (nSPS) is 32.3. The van der Waals surface area contributed by atoms with Crippen LogP contribution in [0.1, 0.15) is 32.6 Å². The van der Waals surface area contributed by atoms with Crippen molar-refractivity contribution in [2.75, 3.05) is 31.8 Å². The van der Waals surface area contributed by atoms with Gasteiger partial charge in [-0.25, -0.2) is 0 Å². The minimum absolute atomic E-state index is 0.128. The Morgan fingerprint density at radius 3 is 2.82 bits per heavy atom. The van der Waals surface area contributed by atoms with Gasteiger partial charge in [0.05, 0.1) is 12.2 Å². The minimum Gasteiger partial charge on any atom is -0.383 e. The van der Waals surface area contributed by atoms with Gasteiger partial charge in [-0.05, 0) is 50.0 Å². The van der Waals surface area contributed by atoms with Crippen LogP contribution >= 0.6 is 11.8 Å². The molecule has 0 aromatic carbocycles. The average Bonchev–Trinajstić information content (AvgIpc) is 2.30. The molecule has 2 saturated heterocycles. The highest BCUT2D eigenvalue weighted by Crippen LogP contribution is 2.42. The summed E-state index contributed by atoms with van der Waals surface area (Å²) in [6, 6.07) is 0. The third-order valence-electron chi connectivity index (χ3n) is 4.28. The molecule has 2 unspecified atom stereocenters. The molecule has 2 aliphatic rings. The number of thioether (sulfide) groups is 1. The summed E-state index contributed by atoms with van der Waals surface area (Å²) in [6.07, 6.45) is 4.57. The number of hydrogen-bond acceptors (Lipinski definition) is 4. The number of nitrogens with two attached hydrogens (primary N) is 1. The van der Waals surface area contributed by atoms with E-state index in [4.69, 9.17) is 15.2 Å². The van der Waals surface area contributed by atoms with Crippen LogP contribution in [0.15, 0.2) is 0 Å². The lowest BCUT2D eigenvalue weighted by Crippen LogP contribution is -2.54. The molecule has 2 rings (SSSR count). The third-order valence-corrected chi connectivity index (χ3v) is 5.27. The van der Waals surface area contributed by atoms with E-state index in [-0.39, 0.29) is 11.1 Å². The second-order valence-corrected chi connectivity index (χ2v) is 7.00. The standard InChI is InChI=1S/C13H25NO2S/c1-12(14,10-15-2)11-3-6-16-13(9-11)4-7-17-8-5-13/h11H,3-10,14H2,1-2H3. The molecule has 17 heavy (non-hydrogen) atoms. The van der Waals surface area contributed by atoms with Gasteiger partial charge < -0.3 is 15.2 Å². The summed E-state index contributed by atoms with van der Waals surface area (Å²) >= 11 is 2.05. The van der Waals surface area contributed by atoms with E-state index < -0.39 is 0 Å². The summed E-state index contributed by atoms with van der Waals surface area (Å²) in [6.45, 7) is 3.63. The molecular formula is C13H25NO2S. The fourth-order valence-electron chi connectivity index (χ4n) is 3.11. The summed E-state index contributed by atoms with van der Waals surface area (Å²) in [5, 5.41) is 0. The maximum absolute atomic E-state index is 6.41. The smallest absolute Gasteiger partial charge is 0.0701 e. The van der Waals surface area contributed by atoms with E-state index in [1.54, 1.807) is 7.11 Å². The highest BCUT2D eigenvalue weighted by Gasteiger charge is 2.43. The highest BCUT2D eigenvalue weighted by atomic mass is 32.2. The van der Waals surface area contributed by atoms with Crippen LogP contribution in [-0.2, 0) is 9.47 Å². The van der Waals surface area contributed by atoms with Gasteiger partial charge in [0, 0.05) is 19.3 Å². The molecule has 0 amide bonds. The van der Waals surface area contributed by atoms with Crippen LogP contribution in [0.3, 0.4) is 0 Å². The molecule has 0 aromatic rings. The summed E-state index contributed by atoms with van der Waals surface area (Å²) in [5.41, 5.74) is 6.32. The van der Waals surface area contributed by atoms with Crippen molar-refractivity contribution in [1.82, 2.24) is 0 Å². The van der Waals surface area contributed by atoms with Gasteiger partial charge in [-0.3, -0.25) is 0 Å². The second-order valence-electron chi connectivity index (χ2n) is 5.77. The number of ether oxygens (including phenoxy) is 2. The van der Waals surface area contributed by atoms with Crippen molar-refractivity contribution in [3.63, 3.8) is 0 Å². The van der Waals surface area contributed by atoms with Crippen LogP contribution in [-0.4, -0.2) is 43.0 Å². The monoisotopic (exact) mass is 259 g/mol. The van der Waals surface area contributed by atoms with Crippen molar-refractivity contribution in [3.8, 4) is 0 Å². The predicted octanol–water partition coefficient (Wildman–Crippen LogP) is 2.04. The van der Waals surface area contributed by atoms with Crippen molar-refractivity contribution >= 4 is 11.8 Å². The Kier molecular flexibility index (Phi) is 4.40. The predicted molar refractivity (Wildman–Crippen MR) is 72.4 cm³/mol. The highest BCUT2D eigenvalue weighted by molar-refractivity contribution is 7.99. The summed E-state index contributed by atoms with van der Waals surface area (Å²) in [7, 11) is 1.73. The van der Waals surface area contributed by atoms with Gasteiger partial charge in [-0.15, -0.1) is 0 Å². The first kappa shape index (κ1) is 13.7. The molecule has 0 saturated carbocycles. The Hall–Kier alpha value is 0.230. The molecule has 0 aromatic heterocycles. The molecule has 2 aliphatic heterocycles. The van der Waals surface area contributed by atoms with Crippen LogP contribution in [0.4, 0.5) is 0 Å². The lowest BCUT2D eigenvalue weighted by Gasteiger charge is -2.47. The maximum Gasteiger partial charge on any atom is 0.0701 e. The Labute approximate surface area is 109 Å². The van der Waals surface area contributed by atoms with E-state index in [0.717, 1.165) is 19.4 Å². The van der Waals surface area contributed by atoms with E-state index in [0.29, 0.717) is 12.5 Å². The largest absolute Gasteiger partial charge is 0.383 e. The first-order valence-corrected chi connectivity index (χ1v) is 7.73. The Bertz CT molecular complexity index is 246. The van der Waals surface area contributed by atoms with E-state index in [2.05, 4.69) is 6.92 Å². The molecule has 0 bridgehead atoms. The lowest BCUT2D eigenvalue weighted by atomic mass is 9.73. The molecule has 4 heteroatoms. The first-order chi connectivity index (χ1) is 8.08. The number of hydrogen-bond donors (Lipinski definition) is 1. The van der Waals surface area contributed by atoms with Gasteiger partial charge in [-0.1, -0.05) is 0 Å². The summed E-state index contributed by atoms with van der Waals surface area (Å²) in [4.78, 5) is 0. The fraction of sp³-hybridized carbons (Fsp3) is 1.00. The quantitative estimate of drug-likeness (QED) is 0.842. The zero-order valence-electron chi connectivity index (χ0n) is 11.0. The van der Waals surface area contributed by atoms with E-state index >= 15 is 0 Å². The molecule has 100 valence electrons. The van der Waals surface area contributed by atoms with Gasteiger partial charge in [0.25, 0.3) is 0 Å². The molecule has 3 nitrogen and oxygen atoms in total. The second kappa shape index (κ2) is 5.47. The topological polar surface area (TPSA) is 44.5 Å². The number of rotatable bonds is 3. The fourth-order valence-corrected chi connectivity index (χ4v) is 4.35. The van der Waals surface area contributed by atoms with Crippen LogP contribution in [0, 0.1) is 5.92 Å². The number of methoxy groups -OCH3 is 1. The van der Waals surface area contributed by atoms with Gasteiger partial charge in [-0.2, -0.15) is 11.8 Å². The molecule has 1 spiro atoms. The summed E-state index contributed by atoms with van der Waals surface area (Å²) in [5.74, 6) is 3.00. The molecule has 2 atom stereocenters. The molecule has 2 heterocycles. The van der Waals surface area contributed by atoms with E-state index in [1.165, 1.54) is 24.3 Å². The molecular weight excluding hydrogens is 234 g/mol. The zero-order chi connectivity index (χ0) is 12.4. The van der Waals surface area contributed by atoms with Gasteiger partial charge in [0.2, 0.25) is 0 Å². The molecule has 2 fully saturated rings. The van der Waals surface area contributed by atoms with Crippen molar-refractivity contribution in [2.24, 2.45) is 11.7 Å². The Balaban J connectivity index is 2.00. The molecule has 2 N–H and O–H groups in total. The van der Waals surface area contributed by atoms with Crippen LogP contribution in [0.2, 0.25) is 0 Å². The van der Waals surface area contributed by atoms with Crippen LogP contribution in [0.5, 0.6) is 0 Å². The van der Waals surface area contributed by atoms with Gasteiger partial charge >= 0.3 is 0 Å². The minimum atomic E-state index is -0.212. The van der Waals surface area contributed by atoms with Crippen LogP contribution in [0.25, 0.3) is 0 Å². The van der Waals surface area contributed by atoms with Gasteiger partial charge in [0.15, 0.2) is 0 Å². The van der Waals surface area contributed by atoms with Crippen LogP contribution < -0.4 is 5.73 Å². The Morgan fingerprint density at radius 1 is 1.47 bits per heavy atom. The van der Waals surface area contributed by atoms with Crippen molar-refractivity contribution in [3.05, 3.63) is 0 Å².